The van der Waals surface area contributed by atoms with Crippen molar-refractivity contribution >= 4 is 0 Å². The highest BCUT2D eigenvalue weighted by atomic mass is 14.8. The lowest BCUT2D eigenvalue weighted by atomic mass is 10.1. The fraction of sp³-hybridized carbons (Fsp3) is 0.875. The third kappa shape index (κ3) is 7.45. The minimum absolute atomic E-state index is 0.484. The normalized spacial score (nSPS) is 9.80. The molecule has 0 heterocycles. The fourth-order valence-electron chi connectivity index (χ4n) is 0.780. The molecule has 10 heavy (non-hydrogen) atoms. The molecule has 0 atom stereocenters. The zero-order valence-electron chi connectivity index (χ0n) is 6.85. The Morgan fingerprint density at radius 2 is 2.20 bits per heavy atom. The van der Waals surface area contributed by atoms with Gasteiger partial charge in [0.25, 0.3) is 0 Å². The van der Waals surface area contributed by atoms with E-state index in [-0.39, 0.29) is 0 Å². The molecule has 1 N–H and O–H groups in total. The summed E-state index contributed by atoms with van der Waals surface area (Å²) >= 11 is 0. The third-order valence-corrected chi connectivity index (χ3v) is 1.34. The summed E-state index contributed by atoms with van der Waals surface area (Å²) in [4.78, 5) is 0. The molecule has 0 saturated carbocycles. The molecule has 0 aliphatic rings. The van der Waals surface area contributed by atoms with Gasteiger partial charge in [0.05, 0.1) is 12.6 Å². The van der Waals surface area contributed by atoms with Gasteiger partial charge in [-0.2, -0.15) is 5.26 Å². The van der Waals surface area contributed by atoms with Gasteiger partial charge in [-0.05, 0) is 25.3 Å². The van der Waals surface area contributed by atoms with Crippen LogP contribution in [0.4, 0.5) is 0 Å². The molecule has 0 amide bonds. The first-order valence-corrected chi connectivity index (χ1v) is 3.85. The van der Waals surface area contributed by atoms with Crippen molar-refractivity contribution in [3.05, 3.63) is 0 Å². The van der Waals surface area contributed by atoms with Crippen molar-refractivity contribution in [3.8, 4) is 6.07 Å². The zero-order chi connectivity index (χ0) is 7.82. The number of hydrogen-bond donors (Lipinski definition) is 1. The van der Waals surface area contributed by atoms with Crippen molar-refractivity contribution in [1.29, 1.82) is 5.26 Å². The van der Waals surface area contributed by atoms with Gasteiger partial charge in [-0.3, -0.25) is 0 Å². The molecule has 58 valence electrons. The lowest BCUT2D eigenvalue weighted by Gasteiger charge is -2.02. The van der Waals surface area contributed by atoms with Crippen LogP contribution in [0.2, 0.25) is 0 Å². The molecule has 0 unspecified atom stereocenters. The summed E-state index contributed by atoms with van der Waals surface area (Å²) in [7, 11) is 0. The summed E-state index contributed by atoms with van der Waals surface area (Å²) in [5.41, 5.74) is 0. The molecule has 0 aliphatic heterocycles. The Labute approximate surface area is 63.2 Å². The third-order valence-electron chi connectivity index (χ3n) is 1.34. The summed E-state index contributed by atoms with van der Waals surface area (Å²) in [6.45, 7) is 5.89. The molecular formula is C8H16N2. The van der Waals surface area contributed by atoms with E-state index in [0.29, 0.717) is 6.54 Å². The quantitative estimate of drug-likeness (QED) is 0.464. The van der Waals surface area contributed by atoms with E-state index >= 15 is 0 Å². The molecule has 0 aromatic rings. The number of hydrogen-bond acceptors (Lipinski definition) is 2. The molecule has 0 bridgehead atoms. The number of nitrogens with one attached hydrogen (secondary N) is 1. The van der Waals surface area contributed by atoms with E-state index in [9.17, 15) is 0 Å². The highest BCUT2D eigenvalue weighted by Crippen LogP contribution is 2.01. The molecule has 0 rings (SSSR count). The minimum atomic E-state index is 0.484. The number of nitriles is 1. The lowest BCUT2D eigenvalue weighted by molar-refractivity contribution is 0.537. The van der Waals surface area contributed by atoms with E-state index < -0.39 is 0 Å². The van der Waals surface area contributed by atoms with E-state index in [2.05, 4.69) is 19.2 Å². The van der Waals surface area contributed by atoms with Crippen molar-refractivity contribution in [2.24, 2.45) is 5.92 Å². The second kappa shape index (κ2) is 6.57. The Kier molecular flexibility index (Phi) is 6.21. The molecule has 2 heteroatoms. The standard InChI is InChI=1S/C8H16N2/c1-8(2)4-3-6-10-7-5-9/h8,10H,3-4,6-7H2,1-2H3. The zero-order valence-corrected chi connectivity index (χ0v) is 6.85. The Morgan fingerprint density at radius 3 is 2.70 bits per heavy atom. The Hall–Kier alpha value is -0.550. The molecule has 0 fully saturated rings. The van der Waals surface area contributed by atoms with Gasteiger partial charge in [-0.1, -0.05) is 13.8 Å². The van der Waals surface area contributed by atoms with Crippen molar-refractivity contribution < 1.29 is 0 Å². The van der Waals surface area contributed by atoms with Crippen LogP contribution >= 0.6 is 0 Å². The predicted octanol–water partition coefficient (Wildman–Crippen LogP) is 1.54. The van der Waals surface area contributed by atoms with Crippen molar-refractivity contribution in [2.75, 3.05) is 13.1 Å². The second-order valence-corrected chi connectivity index (χ2v) is 2.87. The monoisotopic (exact) mass is 140 g/mol. The van der Waals surface area contributed by atoms with Crippen molar-refractivity contribution in [1.82, 2.24) is 5.32 Å². The van der Waals surface area contributed by atoms with Gasteiger partial charge in [0.2, 0.25) is 0 Å². The molecule has 0 saturated heterocycles. The summed E-state index contributed by atoms with van der Waals surface area (Å²) in [6.07, 6.45) is 2.43. The van der Waals surface area contributed by atoms with Crippen LogP contribution in [0.25, 0.3) is 0 Å². The Bertz CT molecular complexity index is 102. The summed E-state index contributed by atoms with van der Waals surface area (Å²) in [5, 5.41) is 11.2. The molecule has 0 spiro atoms. The SMILES string of the molecule is CC(C)CCCNCC#N. The minimum Gasteiger partial charge on any atom is -0.304 e. The van der Waals surface area contributed by atoms with Crippen LogP contribution in [0, 0.1) is 17.2 Å². The van der Waals surface area contributed by atoms with Gasteiger partial charge < -0.3 is 5.32 Å². The van der Waals surface area contributed by atoms with Crippen LogP contribution < -0.4 is 5.32 Å². The Morgan fingerprint density at radius 1 is 1.50 bits per heavy atom. The van der Waals surface area contributed by atoms with Crippen LogP contribution in [0.5, 0.6) is 0 Å². The number of nitrogens with zero attached hydrogens (tertiary/aromatic N) is 1. The van der Waals surface area contributed by atoms with Gasteiger partial charge in [0.15, 0.2) is 0 Å². The smallest absolute Gasteiger partial charge is 0.0840 e. The van der Waals surface area contributed by atoms with Crippen LogP contribution in [-0.2, 0) is 0 Å². The number of rotatable bonds is 5. The van der Waals surface area contributed by atoms with Crippen LogP contribution in [-0.4, -0.2) is 13.1 Å². The maximum Gasteiger partial charge on any atom is 0.0840 e. The maximum atomic E-state index is 8.16. The van der Waals surface area contributed by atoms with Crippen LogP contribution in [0.1, 0.15) is 26.7 Å². The van der Waals surface area contributed by atoms with Gasteiger partial charge in [0.1, 0.15) is 0 Å². The fourth-order valence-corrected chi connectivity index (χ4v) is 0.780. The van der Waals surface area contributed by atoms with Crippen molar-refractivity contribution in [3.63, 3.8) is 0 Å². The summed E-state index contributed by atoms with van der Waals surface area (Å²) in [5.74, 6) is 0.781. The molecule has 0 aromatic heterocycles. The maximum absolute atomic E-state index is 8.16. The topological polar surface area (TPSA) is 35.8 Å². The predicted molar refractivity (Wildman–Crippen MR) is 42.6 cm³/mol. The van der Waals surface area contributed by atoms with E-state index in [1.54, 1.807) is 0 Å². The van der Waals surface area contributed by atoms with Gasteiger partial charge >= 0.3 is 0 Å². The molecule has 0 aromatic carbocycles. The summed E-state index contributed by atoms with van der Waals surface area (Å²) < 4.78 is 0. The van der Waals surface area contributed by atoms with Crippen LogP contribution in [0.3, 0.4) is 0 Å². The first-order chi connectivity index (χ1) is 4.77. The van der Waals surface area contributed by atoms with Gasteiger partial charge in [-0.15, -0.1) is 0 Å². The van der Waals surface area contributed by atoms with E-state index in [0.717, 1.165) is 12.5 Å². The largest absolute Gasteiger partial charge is 0.304 e. The van der Waals surface area contributed by atoms with Gasteiger partial charge in [-0.25, -0.2) is 0 Å². The highest BCUT2D eigenvalue weighted by Gasteiger charge is 1.91. The first kappa shape index (κ1) is 9.45. The van der Waals surface area contributed by atoms with E-state index in [4.69, 9.17) is 5.26 Å². The van der Waals surface area contributed by atoms with Crippen molar-refractivity contribution in [2.45, 2.75) is 26.7 Å². The van der Waals surface area contributed by atoms with E-state index in [1.807, 2.05) is 6.07 Å². The molecule has 0 radical (unpaired) electrons. The average Bonchev–Trinajstić information content (AvgIpc) is 1.87. The second-order valence-electron chi connectivity index (χ2n) is 2.87. The molecule has 0 aliphatic carbocycles. The average molecular weight is 140 g/mol. The van der Waals surface area contributed by atoms with E-state index in [1.165, 1.54) is 12.8 Å². The van der Waals surface area contributed by atoms with Crippen LogP contribution in [0.15, 0.2) is 0 Å². The molecule has 2 nitrogen and oxygen atoms in total. The lowest BCUT2D eigenvalue weighted by Crippen LogP contribution is -2.15. The highest BCUT2D eigenvalue weighted by molar-refractivity contribution is 4.72. The summed E-state index contributed by atoms with van der Waals surface area (Å²) in [6, 6.07) is 2.04. The Balaban J connectivity index is 2.86. The molecular weight excluding hydrogens is 124 g/mol. The first-order valence-electron chi connectivity index (χ1n) is 3.85. The van der Waals surface area contributed by atoms with Gasteiger partial charge in [0, 0.05) is 0 Å².